The summed E-state index contributed by atoms with van der Waals surface area (Å²) in [5, 5.41) is 10.5. The molecule has 0 radical (unpaired) electrons. The Kier molecular flexibility index (Phi) is 5.46. The van der Waals surface area contributed by atoms with Crippen molar-refractivity contribution in [3.05, 3.63) is 85.7 Å². The third kappa shape index (κ3) is 3.65. The molecule has 2 aromatic heterocycles. The lowest BCUT2D eigenvalue weighted by atomic mass is 10.0. The second-order valence-corrected chi connectivity index (χ2v) is 9.19. The Bertz CT molecular complexity index is 1340. The molecule has 6 heteroatoms. The van der Waals surface area contributed by atoms with Crippen LogP contribution in [0.2, 0.25) is 5.02 Å². The fraction of sp³-hybridized carbons (Fsp3) is 0.208. The molecule has 0 aliphatic carbocycles. The van der Waals surface area contributed by atoms with Crippen LogP contribution in [-0.2, 0) is 6.54 Å². The van der Waals surface area contributed by atoms with E-state index in [2.05, 4.69) is 6.07 Å². The summed E-state index contributed by atoms with van der Waals surface area (Å²) in [6, 6.07) is 17.1. The number of halogens is 1. The quantitative estimate of drug-likeness (QED) is 0.389. The van der Waals surface area contributed by atoms with Gasteiger partial charge in [0.2, 0.25) is 0 Å². The highest BCUT2D eigenvalue weighted by atomic mass is 35.5. The van der Waals surface area contributed by atoms with Crippen molar-refractivity contribution < 1.29 is 0 Å². The van der Waals surface area contributed by atoms with Crippen LogP contribution in [0.1, 0.15) is 41.6 Å². The van der Waals surface area contributed by atoms with Gasteiger partial charge in [0.15, 0.2) is 0 Å². The summed E-state index contributed by atoms with van der Waals surface area (Å²) in [5.41, 5.74) is 3.30. The average molecular weight is 434 g/mol. The van der Waals surface area contributed by atoms with Crippen molar-refractivity contribution in [1.82, 2.24) is 9.55 Å². The summed E-state index contributed by atoms with van der Waals surface area (Å²) < 4.78 is 1.75. The van der Waals surface area contributed by atoms with Gasteiger partial charge in [-0.3, -0.25) is 9.36 Å². The van der Waals surface area contributed by atoms with Gasteiger partial charge in [0.1, 0.15) is 10.7 Å². The summed E-state index contributed by atoms with van der Waals surface area (Å²) in [5.74, 6) is 0.835. The molecule has 4 rings (SSSR count). The molecule has 0 aliphatic heterocycles. The molecule has 0 spiro atoms. The number of hydrogen-bond donors (Lipinski definition) is 0. The minimum Gasteiger partial charge on any atom is -0.291 e. The standard InChI is InChI=1S/C24H20ClN3OS/c1-14(2)22-27-23-21(20(15(3)30-23)18-7-9-19(25)10-8-18)24(29)28(22)13-17-6-4-5-16(11-17)12-26/h4-11,14H,13H2,1-3H3. The molecule has 4 aromatic rings. The van der Waals surface area contributed by atoms with Gasteiger partial charge < -0.3 is 0 Å². The average Bonchev–Trinajstić information content (AvgIpc) is 3.06. The highest BCUT2D eigenvalue weighted by Gasteiger charge is 2.21. The predicted octanol–water partition coefficient (Wildman–Crippen LogP) is 6.13. The monoisotopic (exact) mass is 433 g/mol. The van der Waals surface area contributed by atoms with E-state index in [0.717, 1.165) is 32.2 Å². The first kappa shape index (κ1) is 20.3. The van der Waals surface area contributed by atoms with Gasteiger partial charge >= 0.3 is 0 Å². The summed E-state index contributed by atoms with van der Waals surface area (Å²) in [7, 11) is 0. The molecule has 4 nitrogen and oxygen atoms in total. The number of benzene rings is 2. The van der Waals surface area contributed by atoms with Gasteiger partial charge in [0.25, 0.3) is 5.56 Å². The van der Waals surface area contributed by atoms with E-state index in [-0.39, 0.29) is 11.5 Å². The zero-order valence-corrected chi connectivity index (χ0v) is 18.5. The highest BCUT2D eigenvalue weighted by Crippen LogP contribution is 2.36. The topological polar surface area (TPSA) is 58.7 Å². The lowest BCUT2D eigenvalue weighted by Gasteiger charge is -2.15. The zero-order valence-electron chi connectivity index (χ0n) is 16.9. The number of thiophene rings is 1. The van der Waals surface area contributed by atoms with E-state index in [9.17, 15) is 10.1 Å². The molecule has 0 N–H and O–H groups in total. The van der Waals surface area contributed by atoms with Crippen LogP contribution in [0.3, 0.4) is 0 Å². The maximum atomic E-state index is 13.7. The number of aromatic nitrogens is 2. The minimum atomic E-state index is -0.0552. The SMILES string of the molecule is Cc1sc2nc(C(C)C)n(Cc3cccc(C#N)c3)c(=O)c2c1-c1ccc(Cl)cc1. The molecule has 0 bridgehead atoms. The van der Waals surface area contributed by atoms with Gasteiger partial charge in [-0.05, 0) is 42.3 Å². The van der Waals surface area contributed by atoms with Crippen LogP contribution < -0.4 is 5.56 Å². The predicted molar refractivity (Wildman–Crippen MR) is 123 cm³/mol. The Morgan fingerprint density at radius 1 is 1.20 bits per heavy atom. The van der Waals surface area contributed by atoms with E-state index in [1.807, 2.05) is 63.2 Å². The van der Waals surface area contributed by atoms with Crippen molar-refractivity contribution in [2.45, 2.75) is 33.2 Å². The second-order valence-electron chi connectivity index (χ2n) is 7.55. The molecule has 0 amide bonds. The van der Waals surface area contributed by atoms with Crippen molar-refractivity contribution >= 4 is 33.2 Å². The highest BCUT2D eigenvalue weighted by molar-refractivity contribution is 7.19. The van der Waals surface area contributed by atoms with E-state index in [1.54, 1.807) is 22.0 Å². The number of nitrogens with zero attached hydrogens (tertiary/aromatic N) is 3. The lowest BCUT2D eigenvalue weighted by molar-refractivity contribution is 0.635. The smallest absolute Gasteiger partial charge is 0.263 e. The van der Waals surface area contributed by atoms with Crippen LogP contribution in [0.25, 0.3) is 21.3 Å². The number of nitriles is 1. The van der Waals surface area contributed by atoms with Crippen molar-refractivity contribution in [3.8, 4) is 17.2 Å². The molecule has 0 aliphatic rings. The first-order valence-electron chi connectivity index (χ1n) is 9.68. The molecule has 0 saturated heterocycles. The molecule has 0 saturated carbocycles. The Morgan fingerprint density at radius 2 is 1.93 bits per heavy atom. The lowest BCUT2D eigenvalue weighted by Crippen LogP contribution is -2.26. The molecule has 30 heavy (non-hydrogen) atoms. The van der Waals surface area contributed by atoms with Crippen molar-refractivity contribution in [2.75, 3.05) is 0 Å². The summed E-state index contributed by atoms with van der Waals surface area (Å²) in [6.45, 7) is 6.47. The van der Waals surface area contributed by atoms with Gasteiger partial charge in [-0.25, -0.2) is 4.98 Å². The Labute approximate surface area is 184 Å². The van der Waals surface area contributed by atoms with E-state index in [1.165, 1.54) is 0 Å². The first-order chi connectivity index (χ1) is 14.4. The minimum absolute atomic E-state index is 0.0552. The second kappa shape index (κ2) is 8.06. The van der Waals surface area contributed by atoms with Crippen molar-refractivity contribution in [1.29, 1.82) is 5.26 Å². The molecule has 0 fully saturated rings. The Hall–Kier alpha value is -2.94. The number of hydrogen-bond acceptors (Lipinski definition) is 4. The fourth-order valence-electron chi connectivity index (χ4n) is 3.69. The molecular formula is C24H20ClN3OS. The van der Waals surface area contributed by atoms with Gasteiger partial charge in [0.05, 0.1) is 23.6 Å². The Morgan fingerprint density at radius 3 is 2.60 bits per heavy atom. The van der Waals surface area contributed by atoms with E-state index in [4.69, 9.17) is 16.6 Å². The molecule has 2 aromatic carbocycles. The molecule has 0 atom stereocenters. The zero-order chi connectivity index (χ0) is 21.4. The van der Waals surface area contributed by atoms with Gasteiger partial charge in [-0.15, -0.1) is 11.3 Å². The summed E-state index contributed by atoms with van der Waals surface area (Å²) >= 11 is 7.60. The summed E-state index contributed by atoms with van der Waals surface area (Å²) in [6.07, 6.45) is 0. The largest absolute Gasteiger partial charge is 0.291 e. The number of rotatable bonds is 4. The number of aryl methyl sites for hydroxylation is 1. The molecular weight excluding hydrogens is 414 g/mol. The van der Waals surface area contributed by atoms with Gasteiger partial charge in [-0.1, -0.05) is 49.7 Å². The molecule has 150 valence electrons. The van der Waals surface area contributed by atoms with E-state index < -0.39 is 0 Å². The maximum absolute atomic E-state index is 13.7. The Balaban J connectivity index is 1.97. The van der Waals surface area contributed by atoms with Crippen LogP contribution in [-0.4, -0.2) is 9.55 Å². The first-order valence-corrected chi connectivity index (χ1v) is 10.9. The normalized spacial score (nSPS) is 11.2. The third-order valence-electron chi connectivity index (χ3n) is 5.06. The van der Waals surface area contributed by atoms with Crippen molar-refractivity contribution in [2.24, 2.45) is 0 Å². The van der Waals surface area contributed by atoms with Crippen LogP contribution in [0.5, 0.6) is 0 Å². The van der Waals surface area contributed by atoms with E-state index in [0.29, 0.717) is 22.5 Å². The number of fused-ring (bicyclic) bond motifs is 1. The van der Waals surface area contributed by atoms with Gasteiger partial charge in [-0.2, -0.15) is 5.26 Å². The van der Waals surface area contributed by atoms with Crippen LogP contribution in [0, 0.1) is 18.3 Å². The van der Waals surface area contributed by atoms with Crippen LogP contribution in [0.15, 0.2) is 53.3 Å². The summed E-state index contributed by atoms with van der Waals surface area (Å²) in [4.78, 5) is 20.4. The third-order valence-corrected chi connectivity index (χ3v) is 6.31. The maximum Gasteiger partial charge on any atom is 0.263 e. The molecule has 2 heterocycles. The van der Waals surface area contributed by atoms with Crippen molar-refractivity contribution in [3.63, 3.8) is 0 Å². The van der Waals surface area contributed by atoms with Gasteiger partial charge in [0, 0.05) is 21.4 Å². The van der Waals surface area contributed by atoms with E-state index >= 15 is 0 Å². The molecule has 0 unspecified atom stereocenters. The fourth-order valence-corrected chi connectivity index (χ4v) is 4.86. The van der Waals surface area contributed by atoms with Crippen LogP contribution >= 0.6 is 22.9 Å². The van der Waals surface area contributed by atoms with Crippen LogP contribution in [0.4, 0.5) is 0 Å².